The van der Waals surface area contributed by atoms with Crippen LogP contribution in [0.1, 0.15) is 26.0 Å². The number of rotatable bonds is 4. The largest absolute Gasteiger partial charge is 0.455 e. The van der Waals surface area contributed by atoms with Gasteiger partial charge in [-0.3, -0.25) is 0 Å². The minimum atomic E-state index is -0.794. The Morgan fingerprint density at radius 3 is 1.56 bits per heavy atom. The SMILES string of the molecule is [2H]c1c([2H])c([2H])c(-c2ccccc2-c2c3c([2H])c([2H])c([2H])c([2H])c3c(-c3c([2H])c([2H])c(-c4ccccc4)c4oc5c([2H])c([2H])c([2H])c([2H])c5c34)c3c([2H])c([2H])c([2H])c([2H])c23)c([2H])c1[2H]. The minimum Gasteiger partial charge on any atom is -0.455 e. The Balaban J connectivity index is 1.64. The number of benzene rings is 8. The van der Waals surface area contributed by atoms with E-state index >= 15 is 0 Å². The summed E-state index contributed by atoms with van der Waals surface area (Å²) in [7, 11) is 0. The van der Waals surface area contributed by atoms with Crippen LogP contribution in [0.15, 0.2) is 174 Å². The fraction of sp³-hybridized carbons (Fsp3) is 0. The van der Waals surface area contributed by atoms with Crippen LogP contribution in [0.25, 0.3) is 88.0 Å². The monoisotopic (exact) mass is 591 g/mol. The predicted molar refractivity (Wildman–Crippen MR) is 190 cm³/mol. The first-order valence-electron chi connectivity index (χ1n) is 23.4. The van der Waals surface area contributed by atoms with Crippen molar-refractivity contribution in [3.05, 3.63) is 169 Å². The zero-order valence-corrected chi connectivity index (χ0v) is 23.1. The van der Waals surface area contributed by atoms with Crippen molar-refractivity contribution in [2.24, 2.45) is 0 Å². The molecule has 0 radical (unpaired) electrons. The molecular formula is C44H28O. The normalized spacial score (nSPS) is 17.5. The first-order valence-corrected chi connectivity index (χ1v) is 13.9. The van der Waals surface area contributed by atoms with Gasteiger partial charge in [-0.25, -0.2) is 0 Å². The minimum absolute atomic E-state index is 0.000931. The number of hydrogen-bond acceptors (Lipinski definition) is 1. The predicted octanol–water partition coefficient (Wildman–Crippen LogP) is 12.6. The molecule has 0 aliphatic rings. The van der Waals surface area contributed by atoms with Crippen molar-refractivity contribution >= 4 is 43.5 Å². The molecule has 9 rings (SSSR count). The molecule has 45 heavy (non-hydrogen) atoms. The van der Waals surface area contributed by atoms with E-state index in [0.717, 1.165) is 0 Å². The highest BCUT2D eigenvalue weighted by Gasteiger charge is 2.22. The number of hydrogen-bond donors (Lipinski definition) is 0. The molecule has 0 saturated carbocycles. The lowest BCUT2D eigenvalue weighted by Gasteiger charge is -2.20. The maximum atomic E-state index is 9.80. The fourth-order valence-electron chi connectivity index (χ4n) is 5.92. The van der Waals surface area contributed by atoms with Gasteiger partial charge < -0.3 is 4.42 Å². The van der Waals surface area contributed by atoms with Crippen LogP contribution >= 0.6 is 0 Å². The zero-order chi connectivity index (χ0) is 46.3. The lowest BCUT2D eigenvalue weighted by molar-refractivity contribution is 0.670. The Bertz CT molecular complexity index is 3490. The van der Waals surface area contributed by atoms with E-state index in [4.69, 9.17) is 22.2 Å². The topological polar surface area (TPSA) is 13.1 Å². The molecule has 8 aromatic carbocycles. The van der Waals surface area contributed by atoms with Gasteiger partial charge >= 0.3 is 0 Å². The molecule has 0 fully saturated rings. The average Bonchev–Trinajstić information content (AvgIpc) is 3.68. The summed E-state index contributed by atoms with van der Waals surface area (Å²) in [6.45, 7) is 0. The number of furan rings is 1. The number of fused-ring (bicyclic) bond motifs is 5. The van der Waals surface area contributed by atoms with Crippen LogP contribution in [-0.4, -0.2) is 0 Å². The Labute approximate surface area is 288 Å². The van der Waals surface area contributed by atoms with Crippen molar-refractivity contribution in [3.8, 4) is 44.5 Å². The quantitative estimate of drug-likeness (QED) is 0.186. The van der Waals surface area contributed by atoms with Gasteiger partial charge in [0.05, 0.1) is 26.0 Å². The van der Waals surface area contributed by atoms with E-state index in [1.807, 2.05) is 0 Å². The summed E-state index contributed by atoms with van der Waals surface area (Å²) in [5.74, 6) is 0. The third-order valence-corrected chi connectivity index (χ3v) is 7.78. The summed E-state index contributed by atoms with van der Waals surface area (Å²) in [5, 5.41) is -2.01. The van der Waals surface area contributed by atoms with Gasteiger partial charge in [0.1, 0.15) is 11.2 Å². The molecule has 1 heterocycles. The van der Waals surface area contributed by atoms with Crippen molar-refractivity contribution in [3.63, 3.8) is 0 Å². The molecule has 0 N–H and O–H groups in total. The lowest BCUT2D eigenvalue weighted by atomic mass is 9.83. The van der Waals surface area contributed by atoms with E-state index in [2.05, 4.69) is 0 Å². The van der Waals surface area contributed by atoms with Crippen LogP contribution in [0.5, 0.6) is 0 Å². The van der Waals surface area contributed by atoms with E-state index in [1.54, 1.807) is 30.3 Å². The number of para-hydroxylation sites is 1. The third kappa shape index (κ3) is 4.02. The van der Waals surface area contributed by atoms with E-state index < -0.39 is 131 Å². The molecule has 9 aromatic rings. The van der Waals surface area contributed by atoms with Gasteiger partial charge in [0.25, 0.3) is 0 Å². The molecule has 1 heteroatoms. The zero-order valence-electron chi connectivity index (χ0n) is 42.1. The summed E-state index contributed by atoms with van der Waals surface area (Å²) in [6, 6.07) is 1.05. The molecule has 1 nitrogen and oxygen atoms in total. The van der Waals surface area contributed by atoms with Crippen molar-refractivity contribution in [1.29, 1.82) is 0 Å². The van der Waals surface area contributed by atoms with E-state index in [0.29, 0.717) is 5.56 Å². The second-order valence-electron chi connectivity index (χ2n) is 10.2. The summed E-state index contributed by atoms with van der Waals surface area (Å²) in [4.78, 5) is 0. The van der Waals surface area contributed by atoms with Gasteiger partial charge in [-0.2, -0.15) is 0 Å². The third-order valence-electron chi connectivity index (χ3n) is 7.78. The molecule has 1 aromatic heterocycles. The highest BCUT2D eigenvalue weighted by atomic mass is 16.3. The Morgan fingerprint density at radius 1 is 0.378 bits per heavy atom. The Hall–Kier alpha value is -5.92. The average molecular weight is 592 g/mol. The molecule has 0 bridgehead atoms. The summed E-state index contributed by atoms with van der Waals surface area (Å²) in [5.41, 5.74) is -1.64. The van der Waals surface area contributed by atoms with Gasteiger partial charge in [-0.1, -0.05) is 157 Å². The van der Waals surface area contributed by atoms with Gasteiger partial charge in [-0.15, -0.1) is 0 Å². The first kappa shape index (κ1) is 13.0. The van der Waals surface area contributed by atoms with Crippen LogP contribution < -0.4 is 0 Å². The van der Waals surface area contributed by atoms with Crippen LogP contribution in [0.3, 0.4) is 0 Å². The highest BCUT2D eigenvalue weighted by Crippen LogP contribution is 2.49. The second kappa shape index (κ2) is 10.4. The van der Waals surface area contributed by atoms with Crippen LogP contribution in [0.2, 0.25) is 0 Å². The molecule has 0 aliphatic carbocycles. The molecule has 0 aliphatic heterocycles. The molecule has 0 saturated heterocycles. The maximum Gasteiger partial charge on any atom is 0.143 e. The van der Waals surface area contributed by atoms with Crippen molar-refractivity contribution in [2.45, 2.75) is 0 Å². The maximum absolute atomic E-state index is 9.80. The molecular weight excluding hydrogens is 544 g/mol. The van der Waals surface area contributed by atoms with Gasteiger partial charge in [0.2, 0.25) is 0 Å². The highest BCUT2D eigenvalue weighted by molar-refractivity contribution is 6.27. The molecule has 0 spiro atoms. The lowest BCUT2D eigenvalue weighted by Crippen LogP contribution is -1.93. The Kier molecular flexibility index (Phi) is 2.99. The first-order chi connectivity index (χ1) is 30.3. The summed E-state index contributed by atoms with van der Waals surface area (Å²) in [6.07, 6.45) is 0. The summed E-state index contributed by atoms with van der Waals surface area (Å²) < 4.78 is 177. The molecule has 210 valence electrons. The van der Waals surface area contributed by atoms with Crippen molar-refractivity contribution < 1.29 is 30.5 Å². The van der Waals surface area contributed by atoms with Crippen molar-refractivity contribution in [1.82, 2.24) is 0 Å². The van der Waals surface area contributed by atoms with Gasteiger partial charge in [0.15, 0.2) is 0 Å². The fourth-order valence-corrected chi connectivity index (χ4v) is 5.92. The molecule has 0 atom stereocenters. The van der Waals surface area contributed by atoms with Crippen LogP contribution in [0, 0.1) is 0 Å². The van der Waals surface area contributed by atoms with Crippen LogP contribution in [0.4, 0.5) is 0 Å². The standard InChI is InChI=1S/C44H28O/c1-3-15-29(16-4-1)31-19-7-8-20-33(31)41-34-21-9-11-23-36(34)42(37-24-12-10-22-35(37)41)39-28-27-32(30-17-5-2-6-18-30)44-43(39)38-25-13-14-26-40(38)45-44/h1-28H/i1D,3D,4D,9D,10D,11D,12D,13D,14D,15D,16D,21D,22D,23D,24D,25D,26D,27D,28D. The summed E-state index contributed by atoms with van der Waals surface area (Å²) >= 11 is 0. The molecule has 0 unspecified atom stereocenters. The smallest absolute Gasteiger partial charge is 0.143 e. The molecule has 0 amide bonds. The van der Waals surface area contributed by atoms with E-state index in [9.17, 15) is 8.22 Å². The Morgan fingerprint density at radius 2 is 0.889 bits per heavy atom. The van der Waals surface area contributed by atoms with E-state index in [-0.39, 0.29) is 66.1 Å². The van der Waals surface area contributed by atoms with E-state index in [1.165, 1.54) is 24.3 Å². The van der Waals surface area contributed by atoms with Crippen LogP contribution in [-0.2, 0) is 0 Å². The van der Waals surface area contributed by atoms with Gasteiger partial charge in [0, 0.05) is 16.3 Å². The second-order valence-corrected chi connectivity index (χ2v) is 10.2. The van der Waals surface area contributed by atoms with Gasteiger partial charge in [-0.05, 0) is 72.6 Å². The van der Waals surface area contributed by atoms with Crippen molar-refractivity contribution in [2.75, 3.05) is 0 Å².